The summed E-state index contributed by atoms with van der Waals surface area (Å²) in [5.41, 5.74) is -0.927. The van der Waals surface area contributed by atoms with Crippen LogP contribution in [0.1, 0.15) is 20.3 Å². The van der Waals surface area contributed by atoms with Crippen LogP contribution in [0.3, 0.4) is 0 Å². The van der Waals surface area contributed by atoms with E-state index in [1.165, 1.54) is 32.0 Å². The second-order valence-electron chi connectivity index (χ2n) is 4.83. The summed E-state index contributed by atoms with van der Waals surface area (Å²) in [6, 6.07) is 0. The molecule has 1 aromatic rings. The molecule has 0 aliphatic heterocycles. The van der Waals surface area contributed by atoms with E-state index in [1.54, 1.807) is 0 Å². The number of hydrogen-bond donors (Lipinski definition) is 1. The molecule has 20 heavy (non-hydrogen) atoms. The van der Waals surface area contributed by atoms with E-state index in [0.717, 1.165) is 11.0 Å². The molecule has 112 valence electrons. The van der Waals surface area contributed by atoms with Crippen molar-refractivity contribution in [3.05, 3.63) is 27.0 Å². The smallest absolute Gasteiger partial charge is 0.330 e. The minimum atomic E-state index is -0.637. The Bertz CT molecular complexity index is 603. The van der Waals surface area contributed by atoms with Crippen molar-refractivity contribution in [2.75, 3.05) is 12.4 Å². The summed E-state index contributed by atoms with van der Waals surface area (Å²) >= 11 is 0. The Morgan fingerprint density at radius 2 is 2.00 bits per heavy atom. The lowest BCUT2D eigenvalue weighted by atomic mass is 10.0. The molecule has 0 saturated carbocycles. The Hall–Kier alpha value is -1.89. The number of amides is 1. The van der Waals surface area contributed by atoms with Crippen LogP contribution in [-0.4, -0.2) is 28.3 Å². The van der Waals surface area contributed by atoms with Crippen LogP contribution in [0.25, 0.3) is 0 Å². The van der Waals surface area contributed by atoms with E-state index in [9.17, 15) is 14.4 Å². The normalized spacial score (nSPS) is 13.8. The van der Waals surface area contributed by atoms with Crippen LogP contribution in [0.2, 0.25) is 0 Å². The van der Waals surface area contributed by atoms with Crippen LogP contribution in [0.15, 0.2) is 15.8 Å². The van der Waals surface area contributed by atoms with Crippen molar-refractivity contribution in [2.24, 2.45) is 20.0 Å². The number of methoxy groups -OCH3 is 1. The molecule has 1 aromatic heterocycles. The van der Waals surface area contributed by atoms with Gasteiger partial charge < -0.3 is 14.6 Å². The van der Waals surface area contributed by atoms with E-state index < -0.39 is 23.3 Å². The quantitative estimate of drug-likeness (QED) is 0.830. The molecular weight excluding hydrogens is 262 g/mol. The molecule has 0 fully saturated rings. The van der Waals surface area contributed by atoms with Crippen molar-refractivity contribution < 1.29 is 9.53 Å². The number of carbonyl (C=O) groups excluding carboxylic acids is 1. The number of anilines is 1. The highest BCUT2D eigenvalue weighted by Crippen LogP contribution is 2.12. The molecule has 0 radical (unpaired) electrons. The van der Waals surface area contributed by atoms with Gasteiger partial charge in [0.05, 0.1) is 0 Å². The molecule has 0 bridgehead atoms. The fourth-order valence-electron chi connectivity index (χ4n) is 1.91. The van der Waals surface area contributed by atoms with E-state index in [0.29, 0.717) is 0 Å². The van der Waals surface area contributed by atoms with Gasteiger partial charge in [-0.05, 0) is 5.92 Å². The summed E-state index contributed by atoms with van der Waals surface area (Å²) < 4.78 is 7.35. The first-order valence-corrected chi connectivity index (χ1v) is 6.43. The van der Waals surface area contributed by atoms with E-state index in [-0.39, 0.29) is 11.6 Å². The monoisotopic (exact) mass is 283 g/mol. The van der Waals surface area contributed by atoms with Gasteiger partial charge in [-0.2, -0.15) is 0 Å². The molecule has 0 aromatic carbocycles. The predicted molar refractivity (Wildman–Crippen MR) is 75.8 cm³/mol. The highest BCUT2D eigenvalue weighted by atomic mass is 16.5. The van der Waals surface area contributed by atoms with Crippen LogP contribution in [0.5, 0.6) is 0 Å². The molecule has 7 heteroatoms. The van der Waals surface area contributed by atoms with Crippen LogP contribution in [-0.2, 0) is 23.6 Å². The summed E-state index contributed by atoms with van der Waals surface area (Å²) in [6.45, 7) is 3.85. The number of aryl methyl sites for hydroxylation is 1. The zero-order valence-electron chi connectivity index (χ0n) is 12.5. The molecule has 1 heterocycles. The average molecular weight is 283 g/mol. The third kappa shape index (κ3) is 3.16. The first-order chi connectivity index (χ1) is 9.33. The van der Waals surface area contributed by atoms with Crippen LogP contribution < -0.4 is 16.6 Å². The van der Waals surface area contributed by atoms with Crippen molar-refractivity contribution in [3.8, 4) is 0 Å². The Labute approximate surface area is 117 Å². The number of rotatable bonds is 5. The van der Waals surface area contributed by atoms with Crippen molar-refractivity contribution in [1.29, 1.82) is 0 Å². The highest BCUT2D eigenvalue weighted by Gasteiger charge is 2.24. The fourth-order valence-corrected chi connectivity index (χ4v) is 1.91. The van der Waals surface area contributed by atoms with Crippen LogP contribution in [0, 0.1) is 5.92 Å². The summed E-state index contributed by atoms with van der Waals surface area (Å²) in [6.07, 6.45) is 1.45. The van der Waals surface area contributed by atoms with Crippen LogP contribution >= 0.6 is 0 Å². The number of nitrogens with zero attached hydrogens (tertiary/aromatic N) is 2. The molecule has 0 aliphatic rings. The number of ether oxygens (including phenoxy) is 1. The van der Waals surface area contributed by atoms with Gasteiger partial charge in [0, 0.05) is 27.4 Å². The maximum atomic E-state index is 12.1. The van der Waals surface area contributed by atoms with Gasteiger partial charge in [-0.3, -0.25) is 14.2 Å². The highest BCUT2D eigenvalue weighted by molar-refractivity contribution is 5.94. The van der Waals surface area contributed by atoms with E-state index >= 15 is 0 Å². The van der Waals surface area contributed by atoms with Gasteiger partial charge in [0.15, 0.2) is 0 Å². The van der Waals surface area contributed by atoms with E-state index in [4.69, 9.17) is 4.74 Å². The third-order valence-electron chi connectivity index (χ3n) is 3.38. The van der Waals surface area contributed by atoms with Crippen molar-refractivity contribution in [1.82, 2.24) is 9.13 Å². The largest absolute Gasteiger partial charge is 0.371 e. The molecule has 2 unspecified atom stereocenters. The molecule has 7 nitrogen and oxygen atoms in total. The number of hydrogen-bond acceptors (Lipinski definition) is 4. The Morgan fingerprint density at radius 3 is 2.50 bits per heavy atom. The van der Waals surface area contributed by atoms with Gasteiger partial charge in [0.25, 0.3) is 11.5 Å². The number of aromatic nitrogens is 2. The van der Waals surface area contributed by atoms with E-state index in [2.05, 4.69) is 5.32 Å². The zero-order valence-corrected chi connectivity index (χ0v) is 12.5. The summed E-state index contributed by atoms with van der Waals surface area (Å²) in [5, 5.41) is 2.53. The van der Waals surface area contributed by atoms with Gasteiger partial charge in [-0.25, -0.2) is 4.79 Å². The first-order valence-electron chi connectivity index (χ1n) is 6.43. The zero-order chi connectivity index (χ0) is 15.4. The lowest BCUT2D eigenvalue weighted by molar-refractivity contribution is -0.128. The summed E-state index contributed by atoms with van der Waals surface area (Å²) in [5.74, 6) is -0.367. The minimum Gasteiger partial charge on any atom is -0.371 e. The van der Waals surface area contributed by atoms with E-state index in [1.807, 2.05) is 13.8 Å². The molecule has 2 atom stereocenters. The standard InChI is InChI=1S/C13H21N3O4/c1-6-8(2)10(20-5)11(17)14-9-7-15(3)13(19)16(4)12(9)18/h7-8,10H,6H2,1-5H3,(H,14,17). The SMILES string of the molecule is CCC(C)C(OC)C(=O)Nc1cn(C)c(=O)n(C)c1=O. The lowest BCUT2D eigenvalue weighted by Gasteiger charge is -2.20. The van der Waals surface area contributed by atoms with Gasteiger partial charge in [-0.15, -0.1) is 0 Å². The van der Waals surface area contributed by atoms with Crippen molar-refractivity contribution in [2.45, 2.75) is 26.4 Å². The Kier molecular flexibility index (Phi) is 5.26. The maximum absolute atomic E-state index is 12.1. The second kappa shape index (κ2) is 6.51. The van der Waals surface area contributed by atoms with Gasteiger partial charge in [0.2, 0.25) is 0 Å². The molecule has 0 saturated heterocycles. The second-order valence-corrected chi connectivity index (χ2v) is 4.83. The molecule has 0 spiro atoms. The molecule has 0 aliphatic carbocycles. The van der Waals surface area contributed by atoms with Gasteiger partial charge >= 0.3 is 5.69 Å². The molecular formula is C13H21N3O4. The van der Waals surface area contributed by atoms with Gasteiger partial charge in [-0.1, -0.05) is 20.3 Å². The average Bonchev–Trinajstić information content (AvgIpc) is 2.42. The molecule has 1 rings (SSSR count). The number of carbonyl (C=O) groups is 1. The lowest BCUT2D eigenvalue weighted by Crippen LogP contribution is -2.41. The molecule has 1 amide bonds. The third-order valence-corrected chi connectivity index (χ3v) is 3.38. The Balaban J connectivity index is 3.08. The summed E-state index contributed by atoms with van der Waals surface area (Å²) in [7, 11) is 4.33. The minimum absolute atomic E-state index is 0.0244. The fraction of sp³-hybridized carbons (Fsp3) is 0.615. The number of nitrogens with one attached hydrogen (secondary N) is 1. The predicted octanol–water partition coefficient (Wildman–Crippen LogP) is 0.0836. The van der Waals surface area contributed by atoms with Crippen molar-refractivity contribution >= 4 is 11.6 Å². The topological polar surface area (TPSA) is 82.3 Å². The molecule has 1 N–H and O–H groups in total. The summed E-state index contributed by atoms with van der Waals surface area (Å²) in [4.78, 5) is 35.6. The first kappa shape index (κ1) is 16.2. The van der Waals surface area contributed by atoms with Crippen LogP contribution in [0.4, 0.5) is 5.69 Å². The maximum Gasteiger partial charge on any atom is 0.330 e. The Morgan fingerprint density at radius 1 is 1.40 bits per heavy atom. The van der Waals surface area contributed by atoms with Crippen molar-refractivity contribution in [3.63, 3.8) is 0 Å². The van der Waals surface area contributed by atoms with Gasteiger partial charge in [0.1, 0.15) is 11.8 Å².